The van der Waals surface area contributed by atoms with Gasteiger partial charge in [0.15, 0.2) is 4.67 Å². The van der Waals surface area contributed by atoms with Gasteiger partial charge >= 0.3 is 0 Å². The summed E-state index contributed by atoms with van der Waals surface area (Å²) in [6.07, 6.45) is 6.46. The van der Waals surface area contributed by atoms with Crippen LogP contribution in [-0.2, 0) is 7.05 Å². The second kappa shape index (κ2) is 5.49. The lowest BCUT2D eigenvalue weighted by atomic mass is 10.2. The molecule has 0 unspecified atom stereocenters. The van der Waals surface area contributed by atoms with Gasteiger partial charge in [0.05, 0.1) is 17.5 Å². The maximum absolute atomic E-state index is 12.0. The lowest BCUT2D eigenvalue weighted by Gasteiger charge is -2.03. The molecule has 1 amide bonds. The van der Waals surface area contributed by atoms with Gasteiger partial charge in [0.25, 0.3) is 5.91 Å². The fraction of sp³-hybridized carbons (Fsp3) is 0.0769. The Hall–Kier alpha value is -2.48. The molecule has 0 saturated heterocycles. The van der Waals surface area contributed by atoms with Crippen molar-refractivity contribution in [3.8, 4) is 11.3 Å². The van der Waals surface area contributed by atoms with E-state index in [4.69, 9.17) is 4.42 Å². The maximum atomic E-state index is 12.0. The fourth-order valence-electron chi connectivity index (χ4n) is 1.74. The monoisotopic (exact) mass is 347 g/mol. The summed E-state index contributed by atoms with van der Waals surface area (Å²) in [6, 6.07) is 3.32. The van der Waals surface area contributed by atoms with Crippen molar-refractivity contribution in [1.82, 2.24) is 19.7 Å². The third kappa shape index (κ3) is 3.00. The molecule has 7 nitrogen and oxygen atoms in total. The van der Waals surface area contributed by atoms with Crippen LogP contribution in [0.25, 0.3) is 11.3 Å². The van der Waals surface area contributed by atoms with Gasteiger partial charge in [0, 0.05) is 31.1 Å². The lowest BCUT2D eigenvalue weighted by molar-refractivity contribution is 0.102. The largest absolute Gasteiger partial charge is 0.457 e. The number of carbonyl (C=O) groups is 1. The van der Waals surface area contributed by atoms with E-state index in [0.29, 0.717) is 15.9 Å². The van der Waals surface area contributed by atoms with Crippen LogP contribution in [0.4, 0.5) is 5.95 Å². The summed E-state index contributed by atoms with van der Waals surface area (Å²) in [5.74, 6) is -0.119. The average molecular weight is 348 g/mol. The first kappa shape index (κ1) is 13.5. The van der Waals surface area contributed by atoms with E-state index < -0.39 is 0 Å². The average Bonchev–Trinajstić information content (AvgIpc) is 3.08. The summed E-state index contributed by atoms with van der Waals surface area (Å²) >= 11 is 3.14. The Kier molecular flexibility index (Phi) is 3.53. The van der Waals surface area contributed by atoms with Crippen LogP contribution in [-0.4, -0.2) is 25.7 Å². The molecule has 106 valence electrons. The third-order valence-electron chi connectivity index (χ3n) is 2.71. The van der Waals surface area contributed by atoms with E-state index >= 15 is 0 Å². The highest BCUT2D eigenvalue weighted by Crippen LogP contribution is 2.18. The molecular formula is C13H10BrN5O2. The molecule has 0 saturated carbocycles. The normalized spacial score (nSPS) is 10.6. The minimum Gasteiger partial charge on any atom is -0.457 e. The number of anilines is 1. The van der Waals surface area contributed by atoms with Crippen molar-refractivity contribution >= 4 is 27.8 Å². The van der Waals surface area contributed by atoms with Crippen LogP contribution >= 0.6 is 15.9 Å². The standard InChI is InChI=1S/C13H10BrN5O2/c1-19-6-9(5-16-19)10-2-3-15-13(17-10)18-12(20)8-4-11(14)21-7-8/h2-7H,1H3,(H,15,17,18,20). The Labute approximate surface area is 128 Å². The molecule has 3 aromatic rings. The van der Waals surface area contributed by atoms with Gasteiger partial charge in [-0.05, 0) is 22.0 Å². The smallest absolute Gasteiger partial charge is 0.261 e. The molecule has 0 atom stereocenters. The number of halogens is 1. The van der Waals surface area contributed by atoms with E-state index in [-0.39, 0.29) is 11.9 Å². The highest BCUT2D eigenvalue weighted by atomic mass is 79.9. The molecule has 0 aliphatic heterocycles. The molecule has 21 heavy (non-hydrogen) atoms. The molecule has 3 aromatic heterocycles. The quantitative estimate of drug-likeness (QED) is 0.786. The van der Waals surface area contributed by atoms with Crippen LogP contribution in [0.3, 0.4) is 0 Å². The van der Waals surface area contributed by atoms with E-state index in [9.17, 15) is 4.79 Å². The summed E-state index contributed by atoms with van der Waals surface area (Å²) in [7, 11) is 1.82. The van der Waals surface area contributed by atoms with Crippen molar-refractivity contribution < 1.29 is 9.21 Å². The van der Waals surface area contributed by atoms with Crippen molar-refractivity contribution in [2.24, 2.45) is 7.05 Å². The topological polar surface area (TPSA) is 85.8 Å². The Bertz CT molecular complexity index is 795. The summed E-state index contributed by atoms with van der Waals surface area (Å²) in [5.41, 5.74) is 1.92. The number of nitrogens with zero attached hydrogens (tertiary/aromatic N) is 4. The molecule has 8 heteroatoms. The zero-order valence-electron chi connectivity index (χ0n) is 10.9. The Balaban J connectivity index is 1.82. The molecule has 0 aliphatic rings. The van der Waals surface area contributed by atoms with E-state index in [1.54, 1.807) is 29.2 Å². The highest BCUT2D eigenvalue weighted by molar-refractivity contribution is 9.10. The minimum atomic E-state index is -0.340. The molecule has 0 aromatic carbocycles. The van der Waals surface area contributed by atoms with Gasteiger partial charge in [-0.25, -0.2) is 9.97 Å². The van der Waals surface area contributed by atoms with Gasteiger partial charge in [-0.2, -0.15) is 5.10 Å². The SMILES string of the molecule is Cn1cc(-c2ccnc(NC(=O)c3coc(Br)c3)n2)cn1. The third-order valence-corrected chi connectivity index (χ3v) is 3.13. The van der Waals surface area contributed by atoms with Crippen molar-refractivity contribution in [2.45, 2.75) is 0 Å². The van der Waals surface area contributed by atoms with Crippen molar-refractivity contribution in [3.63, 3.8) is 0 Å². The zero-order valence-corrected chi connectivity index (χ0v) is 12.5. The highest BCUT2D eigenvalue weighted by Gasteiger charge is 2.12. The molecular weight excluding hydrogens is 338 g/mol. The summed E-state index contributed by atoms with van der Waals surface area (Å²) < 4.78 is 7.19. The van der Waals surface area contributed by atoms with E-state index in [0.717, 1.165) is 5.56 Å². The van der Waals surface area contributed by atoms with Gasteiger partial charge in [-0.1, -0.05) is 0 Å². The Morgan fingerprint density at radius 1 is 1.48 bits per heavy atom. The van der Waals surface area contributed by atoms with Gasteiger partial charge in [-0.3, -0.25) is 14.8 Å². The molecule has 3 heterocycles. The van der Waals surface area contributed by atoms with Gasteiger partial charge in [0.2, 0.25) is 5.95 Å². The second-order valence-corrected chi connectivity index (χ2v) is 5.04. The van der Waals surface area contributed by atoms with Crippen LogP contribution in [0, 0.1) is 0 Å². The van der Waals surface area contributed by atoms with E-state index in [1.165, 1.54) is 6.26 Å². The van der Waals surface area contributed by atoms with E-state index in [2.05, 4.69) is 36.3 Å². The lowest BCUT2D eigenvalue weighted by Crippen LogP contribution is -2.13. The van der Waals surface area contributed by atoms with Crippen molar-refractivity contribution in [1.29, 1.82) is 0 Å². The zero-order chi connectivity index (χ0) is 14.8. The maximum Gasteiger partial charge on any atom is 0.261 e. The first-order valence-electron chi connectivity index (χ1n) is 5.99. The van der Waals surface area contributed by atoms with Crippen molar-refractivity contribution in [2.75, 3.05) is 5.32 Å². The van der Waals surface area contributed by atoms with E-state index in [1.807, 2.05) is 13.2 Å². The number of rotatable bonds is 3. The number of hydrogen-bond acceptors (Lipinski definition) is 5. The molecule has 0 aliphatic carbocycles. The number of amides is 1. The number of carbonyl (C=O) groups excluding carboxylic acids is 1. The number of aryl methyl sites for hydroxylation is 1. The number of nitrogens with one attached hydrogen (secondary N) is 1. The Morgan fingerprint density at radius 2 is 2.33 bits per heavy atom. The van der Waals surface area contributed by atoms with Crippen molar-refractivity contribution in [3.05, 3.63) is 47.2 Å². The molecule has 0 fully saturated rings. The number of aromatic nitrogens is 4. The predicted molar refractivity (Wildman–Crippen MR) is 78.6 cm³/mol. The van der Waals surface area contributed by atoms with Gasteiger partial charge < -0.3 is 4.42 Å². The molecule has 1 N–H and O–H groups in total. The molecule has 0 spiro atoms. The number of furan rings is 1. The summed E-state index contributed by atoms with van der Waals surface area (Å²) in [4.78, 5) is 20.3. The second-order valence-electron chi connectivity index (χ2n) is 4.26. The summed E-state index contributed by atoms with van der Waals surface area (Å²) in [6.45, 7) is 0. The predicted octanol–water partition coefficient (Wildman–Crippen LogP) is 2.48. The minimum absolute atomic E-state index is 0.221. The molecule has 3 rings (SSSR count). The fourth-order valence-corrected chi connectivity index (χ4v) is 2.08. The van der Waals surface area contributed by atoms with Crippen LogP contribution in [0.2, 0.25) is 0 Å². The first-order chi connectivity index (χ1) is 10.1. The van der Waals surface area contributed by atoms with Crippen LogP contribution in [0.5, 0.6) is 0 Å². The Morgan fingerprint density at radius 3 is 3.00 bits per heavy atom. The summed E-state index contributed by atoms with van der Waals surface area (Å²) in [5, 5.41) is 6.70. The molecule has 0 radical (unpaired) electrons. The first-order valence-corrected chi connectivity index (χ1v) is 6.78. The van der Waals surface area contributed by atoms with Gasteiger partial charge in [-0.15, -0.1) is 0 Å². The van der Waals surface area contributed by atoms with Gasteiger partial charge in [0.1, 0.15) is 6.26 Å². The number of hydrogen-bond donors (Lipinski definition) is 1. The van der Waals surface area contributed by atoms with Crippen LogP contribution < -0.4 is 5.32 Å². The van der Waals surface area contributed by atoms with Crippen LogP contribution in [0.15, 0.2) is 46.1 Å². The molecule has 0 bridgehead atoms. The van der Waals surface area contributed by atoms with Crippen LogP contribution in [0.1, 0.15) is 10.4 Å².